The highest BCUT2D eigenvalue weighted by atomic mass is 16.1. The summed E-state index contributed by atoms with van der Waals surface area (Å²) < 4.78 is 1.43. The van der Waals surface area contributed by atoms with Crippen LogP contribution in [0.5, 0.6) is 0 Å². The van der Waals surface area contributed by atoms with Crippen LogP contribution >= 0.6 is 0 Å². The standard InChI is InChI=1S/C17H17N5O2/c23-16(19-11-8-13-6-9-18-10-7-13)5-4-14-17(24)22-12-2-1-3-15(22)21-20-14/h1-3,6-7,9-10,12H,4-5,8,11H2,(H,19,23). The number of hydrogen-bond donors (Lipinski definition) is 1. The van der Waals surface area contributed by atoms with Crippen molar-refractivity contribution in [3.8, 4) is 0 Å². The molecule has 3 rings (SSSR count). The van der Waals surface area contributed by atoms with Crippen LogP contribution in [-0.2, 0) is 17.6 Å². The minimum absolute atomic E-state index is 0.108. The number of amides is 1. The third-order valence-electron chi connectivity index (χ3n) is 3.65. The average molecular weight is 323 g/mol. The molecule has 7 nitrogen and oxygen atoms in total. The molecular formula is C17H17N5O2. The lowest BCUT2D eigenvalue weighted by molar-refractivity contribution is -0.121. The topological polar surface area (TPSA) is 89.3 Å². The van der Waals surface area contributed by atoms with Gasteiger partial charge < -0.3 is 5.32 Å². The van der Waals surface area contributed by atoms with Crippen LogP contribution in [0.2, 0.25) is 0 Å². The van der Waals surface area contributed by atoms with Gasteiger partial charge in [-0.25, -0.2) is 0 Å². The number of aromatic nitrogens is 4. The first-order valence-electron chi connectivity index (χ1n) is 7.72. The third kappa shape index (κ3) is 3.81. The van der Waals surface area contributed by atoms with Gasteiger partial charge in [0, 0.05) is 38.0 Å². The van der Waals surface area contributed by atoms with E-state index in [0.29, 0.717) is 17.9 Å². The van der Waals surface area contributed by atoms with E-state index in [-0.39, 0.29) is 24.3 Å². The zero-order valence-electron chi connectivity index (χ0n) is 13.1. The number of pyridine rings is 2. The number of aryl methyl sites for hydroxylation is 1. The van der Waals surface area contributed by atoms with Crippen molar-refractivity contribution in [1.29, 1.82) is 0 Å². The third-order valence-corrected chi connectivity index (χ3v) is 3.65. The summed E-state index contributed by atoms with van der Waals surface area (Å²) >= 11 is 0. The predicted molar refractivity (Wildman–Crippen MR) is 88.5 cm³/mol. The van der Waals surface area contributed by atoms with Crippen LogP contribution in [0.4, 0.5) is 0 Å². The Morgan fingerprint density at radius 1 is 1.08 bits per heavy atom. The van der Waals surface area contributed by atoms with Gasteiger partial charge in [0.25, 0.3) is 5.56 Å². The molecular weight excluding hydrogens is 306 g/mol. The van der Waals surface area contributed by atoms with E-state index in [4.69, 9.17) is 0 Å². The summed E-state index contributed by atoms with van der Waals surface area (Å²) in [6.45, 7) is 0.547. The number of carbonyl (C=O) groups excluding carboxylic acids is 1. The minimum atomic E-state index is -0.231. The molecule has 0 aliphatic rings. The molecule has 122 valence electrons. The average Bonchev–Trinajstić information content (AvgIpc) is 2.62. The summed E-state index contributed by atoms with van der Waals surface area (Å²) in [5.74, 6) is -0.108. The van der Waals surface area contributed by atoms with Crippen LogP contribution in [0, 0.1) is 0 Å². The second-order valence-corrected chi connectivity index (χ2v) is 5.34. The van der Waals surface area contributed by atoms with Crippen molar-refractivity contribution >= 4 is 11.6 Å². The van der Waals surface area contributed by atoms with E-state index in [1.807, 2.05) is 12.1 Å². The van der Waals surface area contributed by atoms with Crippen molar-refractivity contribution in [2.45, 2.75) is 19.3 Å². The van der Waals surface area contributed by atoms with E-state index in [2.05, 4.69) is 20.5 Å². The summed E-state index contributed by atoms with van der Waals surface area (Å²) in [7, 11) is 0. The molecule has 0 bridgehead atoms. The molecule has 1 amide bonds. The number of carbonyl (C=O) groups is 1. The number of rotatable bonds is 6. The fourth-order valence-electron chi connectivity index (χ4n) is 2.35. The van der Waals surface area contributed by atoms with Gasteiger partial charge in [-0.15, -0.1) is 10.2 Å². The van der Waals surface area contributed by atoms with Crippen molar-refractivity contribution in [2.24, 2.45) is 0 Å². The van der Waals surface area contributed by atoms with Crippen molar-refractivity contribution in [1.82, 2.24) is 24.9 Å². The molecule has 0 radical (unpaired) electrons. The number of nitrogens with one attached hydrogen (secondary N) is 1. The largest absolute Gasteiger partial charge is 0.356 e. The summed E-state index contributed by atoms with van der Waals surface area (Å²) in [6.07, 6.45) is 6.31. The lowest BCUT2D eigenvalue weighted by Crippen LogP contribution is -2.28. The van der Waals surface area contributed by atoms with Crippen LogP contribution < -0.4 is 10.9 Å². The van der Waals surface area contributed by atoms with Crippen LogP contribution in [-0.4, -0.2) is 32.0 Å². The summed E-state index contributed by atoms with van der Waals surface area (Å²) in [5.41, 5.74) is 1.67. The van der Waals surface area contributed by atoms with Gasteiger partial charge in [-0.1, -0.05) is 6.07 Å². The first kappa shape index (κ1) is 15.8. The Balaban J connectivity index is 1.53. The van der Waals surface area contributed by atoms with E-state index < -0.39 is 0 Å². The molecule has 24 heavy (non-hydrogen) atoms. The Bertz CT molecular complexity index is 892. The normalized spacial score (nSPS) is 10.7. The molecule has 1 N–H and O–H groups in total. The van der Waals surface area contributed by atoms with Gasteiger partial charge in [-0.05, 0) is 36.2 Å². The molecule has 0 aliphatic carbocycles. The van der Waals surface area contributed by atoms with Gasteiger partial charge >= 0.3 is 0 Å². The summed E-state index contributed by atoms with van der Waals surface area (Å²) in [5, 5.41) is 10.8. The highest BCUT2D eigenvalue weighted by molar-refractivity contribution is 5.76. The van der Waals surface area contributed by atoms with Crippen molar-refractivity contribution in [2.75, 3.05) is 6.54 Å². The Kier molecular flexibility index (Phi) is 4.90. The van der Waals surface area contributed by atoms with E-state index in [9.17, 15) is 9.59 Å². The van der Waals surface area contributed by atoms with E-state index in [1.165, 1.54) is 4.40 Å². The van der Waals surface area contributed by atoms with Crippen LogP contribution in [0.15, 0.2) is 53.7 Å². The predicted octanol–water partition coefficient (Wildman–Crippen LogP) is 0.776. The Hall–Kier alpha value is -3.09. The summed E-state index contributed by atoms with van der Waals surface area (Å²) in [4.78, 5) is 28.1. The SMILES string of the molecule is O=C(CCc1nnc2ccccn2c1=O)NCCc1ccncc1. The smallest absolute Gasteiger partial charge is 0.279 e. The lowest BCUT2D eigenvalue weighted by atomic mass is 10.2. The maximum Gasteiger partial charge on any atom is 0.279 e. The maximum absolute atomic E-state index is 12.3. The highest BCUT2D eigenvalue weighted by Crippen LogP contribution is 1.98. The Morgan fingerprint density at radius 3 is 2.75 bits per heavy atom. The number of fused-ring (bicyclic) bond motifs is 1. The molecule has 0 unspecified atom stereocenters. The van der Waals surface area contributed by atoms with Gasteiger partial charge in [0.1, 0.15) is 5.69 Å². The highest BCUT2D eigenvalue weighted by Gasteiger charge is 2.09. The molecule has 3 aromatic heterocycles. The molecule has 3 aromatic rings. The maximum atomic E-state index is 12.3. The van der Waals surface area contributed by atoms with E-state index in [0.717, 1.165) is 12.0 Å². The van der Waals surface area contributed by atoms with Gasteiger partial charge in [-0.2, -0.15) is 0 Å². The molecule has 0 saturated carbocycles. The van der Waals surface area contributed by atoms with Crippen molar-refractivity contribution < 1.29 is 4.79 Å². The molecule has 0 aromatic carbocycles. The molecule has 3 heterocycles. The van der Waals surface area contributed by atoms with Crippen LogP contribution in [0.1, 0.15) is 17.7 Å². The van der Waals surface area contributed by atoms with Crippen LogP contribution in [0.25, 0.3) is 5.65 Å². The first-order valence-corrected chi connectivity index (χ1v) is 7.72. The zero-order chi connectivity index (χ0) is 16.8. The van der Waals surface area contributed by atoms with Crippen molar-refractivity contribution in [3.63, 3.8) is 0 Å². The van der Waals surface area contributed by atoms with E-state index in [1.54, 1.807) is 36.8 Å². The van der Waals surface area contributed by atoms with Crippen LogP contribution in [0.3, 0.4) is 0 Å². The van der Waals surface area contributed by atoms with Gasteiger partial charge in [0.2, 0.25) is 5.91 Å². The molecule has 7 heteroatoms. The van der Waals surface area contributed by atoms with Gasteiger partial charge in [-0.3, -0.25) is 19.0 Å². The second-order valence-electron chi connectivity index (χ2n) is 5.34. The Morgan fingerprint density at radius 2 is 1.92 bits per heavy atom. The van der Waals surface area contributed by atoms with E-state index >= 15 is 0 Å². The molecule has 0 saturated heterocycles. The number of nitrogens with zero attached hydrogens (tertiary/aromatic N) is 4. The number of hydrogen-bond acceptors (Lipinski definition) is 5. The van der Waals surface area contributed by atoms with Gasteiger partial charge in [0.05, 0.1) is 0 Å². The van der Waals surface area contributed by atoms with Crippen molar-refractivity contribution in [3.05, 3.63) is 70.5 Å². The molecule has 0 spiro atoms. The molecule has 0 atom stereocenters. The minimum Gasteiger partial charge on any atom is -0.356 e. The Labute approximate surface area is 138 Å². The first-order chi connectivity index (χ1) is 11.7. The fraction of sp³-hybridized carbons (Fsp3) is 0.235. The fourth-order valence-corrected chi connectivity index (χ4v) is 2.35. The monoisotopic (exact) mass is 323 g/mol. The summed E-state index contributed by atoms with van der Waals surface area (Å²) in [6, 6.07) is 9.09. The second kappa shape index (κ2) is 7.45. The molecule has 0 fully saturated rings. The zero-order valence-corrected chi connectivity index (χ0v) is 13.1. The quantitative estimate of drug-likeness (QED) is 0.724. The van der Waals surface area contributed by atoms with Gasteiger partial charge in [0.15, 0.2) is 5.65 Å². The molecule has 0 aliphatic heterocycles. The lowest BCUT2D eigenvalue weighted by Gasteiger charge is -2.05.